The molecule has 0 spiro atoms. The molecule has 1 saturated heterocycles. The predicted octanol–water partition coefficient (Wildman–Crippen LogP) is 2.76. The smallest absolute Gasteiger partial charge is 0.132 e. The summed E-state index contributed by atoms with van der Waals surface area (Å²) >= 11 is 6.13. The van der Waals surface area contributed by atoms with E-state index in [0.29, 0.717) is 17.7 Å². The van der Waals surface area contributed by atoms with Crippen LogP contribution < -0.4 is 0 Å². The lowest BCUT2D eigenvalue weighted by Gasteiger charge is -2.13. The molecule has 2 rings (SSSR count). The van der Waals surface area contributed by atoms with Crippen molar-refractivity contribution in [2.24, 2.45) is 7.05 Å². The van der Waals surface area contributed by atoms with Crippen molar-refractivity contribution >= 4 is 11.6 Å². The first kappa shape index (κ1) is 13.8. The van der Waals surface area contributed by atoms with E-state index in [0.717, 1.165) is 37.1 Å². The van der Waals surface area contributed by atoms with E-state index in [2.05, 4.69) is 5.10 Å². The Hall–Kier alpha value is -0.580. The van der Waals surface area contributed by atoms with Crippen LogP contribution in [0.2, 0.25) is 5.15 Å². The molecule has 2 heterocycles. The molecule has 2 atom stereocenters. The topological polar surface area (TPSA) is 47.3 Å². The number of nitrogens with zero attached hydrogens (tertiary/aromatic N) is 2. The molecule has 0 radical (unpaired) electrons. The van der Waals surface area contributed by atoms with Crippen LogP contribution >= 0.6 is 11.6 Å². The summed E-state index contributed by atoms with van der Waals surface area (Å²) in [5, 5.41) is 14.9. The number of rotatable bonds is 5. The summed E-state index contributed by atoms with van der Waals surface area (Å²) in [4.78, 5) is 0. The summed E-state index contributed by atoms with van der Waals surface area (Å²) in [6, 6.07) is 0. The Morgan fingerprint density at radius 2 is 2.39 bits per heavy atom. The van der Waals surface area contributed by atoms with Gasteiger partial charge in [0.1, 0.15) is 5.15 Å². The maximum Gasteiger partial charge on any atom is 0.132 e. The molecular weight excluding hydrogens is 252 g/mol. The summed E-state index contributed by atoms with van der Waals surface area (Å²) in [7, 11) is 1.79. The van der Waals surface area contributed by atoms with E-state index in [1.807, 2.05) is 6.92 Å². The lowest BCUT2D eigenvalue weighted by Crippen LogP contribution is -2.06. The fourth-order valence-electron chi connectivity index (χ4n) is 2.58. The number of aryl methyl sites for hydroxylation is 2. The van der Waals surface area contributed by atoms with Crippen LogP contribution in [-0.2, 0) is 11.8 Å². The van der Waals surface area contributed by atoms with Gasteiger partial charge in [-0.3, -0.25) is 4.68 Å². The van der Waals surface area contributed by atoms with Crippen LogP contribution in [0.15, 0.2) is 0 Å². The average Bonchev–Trinajstić information content (AvgIpc) is 2.89. The number of ether oxygens (including phenoxy) is 1. The molecule has 4 nitrogen and oxygen atoms in total. The zero-order valence-corrected chi connectivity index (χ0v) is 11.8. The number of aromatic nitrogens is 2. The maximum atomic E-state index is 10.2. The molecule has 0 saturated carbocycles. The van der Waals surface area contributed by atoms with Crippen molar-refractivity contribution in [2.75, 3.05) is 6.61 Å². The van der Waals surface area contributed by atoms with Gasteiger partial charge >= 0.3 is 0 Å². The second-order valence-electron chi connectivity index (χ2n) is 5.00. The third-order valence-corrected chi connectivity index (χ3v) is 4.01. The van der Waals surface area contributed by atoms with E-state index in [1.54, 1.807) is 11.7 Å². The monoisotopic (exact) mass is 272 g/mol. The Morgan fingerprint density at radius 3 is 2.94 bits per heavy atom. The summed E-state index contributed by atoms with van der Waals surface area (Å²) in [6.07, 6.45) is 4.88. The van der Waals surface area contributed by atoms with Crippen molar-refractivity contribution in [3.05, 3.63) is 16.4 Å². The first-order valence-electron chi connectivity index (χ1n) is 6.58. The SMILES string of the molecule is Cc1nn(C)c(Cl)c1C(O)CCCC1CCCO1. The number of hydrogen-bond acceptors (Lipinski definition) is 3. The minimum Gasteiger partial charge on any atom is -0.388 e. The molecular formula is C13H21ClN2O2. The van der Waals surface area contributed by atoms with Crippen molar-refractivity contribution in [2.45, 2.75) is 51.2 Å². The highest BCUT2D eigenvalue weighted by Crippen LogP contribution is 2.29. The minimum absolute atomic E-state index is 0.391. The molecule has 1 fully saturated rings. The van der Waals surface area contributed by atoms with E-state index < -0.39 is 6.10 Å². The van der Waals surface area contributed by atoms with E-state index >= 15 is 0 Å². The Balaban J connectivity index is 1.85. The molecule has 0 aliphatic carbocycles. The molecule has 0 bridgehead atoms. The second kappa shape index (κ2) is 6.04. The van der Waals surface area contributed by atoms with Gasteiger partial charge < -0.3 is 9.84 Å². The van der Waals surface area contributed by atoms with Crippen molar-refractivity contribution in [1.82, 2.24) is 9.78 Å². The average molecular weight is 273 g/mol. The zero-order valence-electron chi connectivity index (χ0n) is 11.0. The molecule has 0 aromatic carbocycles. The van der Waals surface area contributed by atoms with Crippen molar-refractivity contribution < 1.29 is 9.84 Å². The largest absolute Gasteiger partial charge is 0.388 e. The number of aliphatic hydroxyl groups excluding tert-OH is 1. The lowest BCUT2D eigenvalue weighted by molar-refractivity contribution is 0.0944. The van der Waals surface area contributed by atoms with Gasteiger partial charge in [0.05, 0.1) is 17.9 Å². The fourth-order valence-corrected chi connectivity index (χ4v) is 2.88. The molecule has 1 N–H and O–H groups in total. The van der Waals surface area contributed by atoms with Gasteiger partial charge in [0.15, 0.2) is 0 Å². The van der Waals surface area contributed by atoms with Crippen LogP contribution in [0.25, 0.3) is 0 Å². The minimum atomic E-state index is -0.521. The van der Waals surface area contributed by atoms with Crippen LogP contribution in [0.4, 0.5) is 0 Å². The van der Waals surface area contributed by atoms with Crippen molar-refractivity contribution in [3.63, 3.8) is 0 Å². The Bertz CT molecular complexity index is 400. The van der Waals surface area contributed by atoms with Crippen LogP contribution in [-0.4, -0.2) is 27.6 Å². The quantitative estimate of drug-likeness (QED) is 0.897. The molecule has 0 amide bonds. The molecule has 18 heavy (non-hydrogen) atoms. The molecule has 2 unspecified atom stereocenters. The molecule has 102 valence electrons. The summed E-state index contributed by atoms with van der Waals surface area (Å²) in [5.41, 5.74) is 1.58. The van der Waals surface area contributed by atoms with Crippen LogP contribution in [0.3, 0.4) is 0 Å². The van der Waals surface area contributed by atoms with Gasteiger partial charge in [0, 0.05) is 19.2 Å². The van der Waals surface area contributed by atoms with Gasteiger partial charge in [-0.25, -0.2) is 0 Å². The van der Waals surface area contributed by atoms with E-state index in [-0.39, 0.29) is 0 Å². The van der Waals surface area contributed by atoms with Gasteiger partial charge in [-0.05, 0) is 39.0 Å². The van der Waals surface area contributed by atoms with E-state index in [1.165, 1.54) is 6.42 Å². The van der Waals surface area contributed by atoms with Gasteiger partial charge in [-0.1, -0.05) is 11.6 Å². The zero-order chi connectivity index (χ0) is 13.1. The highest BCUT2D eigenvalue weighted by Gasteiger charge is 2.20. The first-order valence-corrected chi connectivity index (χ1v) is 6.96. The summed E-state index contributed by atoms with van der Waals surface area (Å²) < 4.78 is 7.17. The standard InChI is InChI=1S/C13H21ClN2O2/c1-9-12(13(14)16(2)15-9)11(17)7-3-5-10-6-4-8-18-10/h10-11,17H,3-8H2,1-2H3. The number of hydrogen-bond donors (Lipinski definition) is 1. The molecule has 1 aromatic rings. The van der Waals surface area contributed by atoms with Gasteiger partial charge in [-0.2, -0.15) is 5.10 Å². The van der Waals surface area contributed by atoms with E-state index in [4.69, 9.17) is 16.3 Å². The van der Waals surface area contributed by atoms with Crippen LogP contribution in [0.1, 0.15) is 49.5 Å². The highest BCUT2D eigenvalue weighted by atomic mass is 35.5. The Labute approximate surface area is 113 Å². The second-order valence-corrected chi connectivity index (χ2v) is 5.35. The Kier molecular flexibility index (Phi) is 4.65. The van der Waals surface area contributed by atoms with Crippen LogP contribution in [0, 0.1) is 6.92 Å². The lowest BCUT2D eigenvalue weighted by atomic mass is 10.0. The normalized spacial score (nSPS) is 21.4. The maximum absolute atomic E-state index is 10.2. The number of aliphatic hydroxyl groups is 1. The Morgan fingerprint density at radius 1 is 1.61 bits per heavy atom. The molecule has 5 heteroatoms. The predicted molar refractivity (Wildman–Crippen MR) is 70.7 cm³/mol. The molecule has 1 aliphatic heterocycles. The summed E-state index contributed by atoms with van der Waals surface area (Å²) in [5.74, 6) is 0. The van der Waals surface area contributed by atoms with Gasteiger partial charge in [0.25, 0.3) is 0 Å². The molecule has 1 aromatic heterocycles. The van der Waals surface area contributed by atoms with Gasteiger partial charge in [-0.15, -0.1) is 0 Å². The fraction of sp³-hybridized carbons (Fsp3) is 0.769. The van der Waals surface area contributed by atoms with Gasteiger partial charge in [0.2, 0.25) is 0 Å². The third-order valence-electron chi connectivity index (χ3n) is 3.56. The van der Waals surface area contributed by atoms with E-state index in [9.17, 15) is 5.11 Å². The number of halogens is 1. The van der Waals surface area contributed by atoms with Crippen molar-refractivity contribution in [3.8, 4) is 0 Å². The first-order chi connectivity index (χ1) is 8.59. The molecule has 1 aliphatic rings. The summed E-state index contributed by atoms with van der Waals surface area (Å²) in [6.45, 7) is 2.77. The third kappa shape index (κ3) is 3.05. The highest BCUT2D eigenvalue weighted by molar-refractivity contribution is 6.30. The van der Waals surface area contributed by atoms with Crippen molar-refractivity contribution in [1.29, 1.82) is 0 Å². The van der Waals surface area contributed by atoms with Crippen LogP contribution in [0.5, 0.6) is 0 Å².